The van der Waals surface area contributed by atoms with Gasteiger partial charge in [0.25, 0.3) is 0 Å². The fourth-order valence-electron chi connectivity index (χ4n) is 1.77. The second-order valence-electron chi connectivity index (χ2n) is 3.82. The molecule has 17 heavy (non-hydrogen) atoms. The summed E-state index contributed by atoms with van der Waals surface area (Å²) in [5, 5.41) is 0. The smallest absolute Gasteiger partial charge is 0.342 e. The summed E-state index contributed by atoms with van der Waals surface area (Å²) < 4.78 is 15.2. The molecule has 0 spiro atoms. The van der Waals surface area contributed by atoms with E-state index in [1.165, 1.54) is 14.2 Å². The van der Waals surface area contributed by atoms with E-state index in [0.29, 0.717) is 6.61 Å². The minimum Gasteiger partial charge on any atom is -0.467 e. The molecule has 1 rings (SSSR count). The summed E-state index contributed by atoms with van der Waals surface area (Å²) in [7, 11) is 4.44. The van der Waals surface area contributed by atoms with Gasteiger partial charge in [-0.25, -0.2) is 4.79 Å². The van der Waals surface area contributed by atoms with Crippen molar-refractivity contribution in [1.82, 2.24) is 0 Å². The largest absolute Gasteiger partial charge is 0.467 e. The number of methoxy groups -OCH3 is 3. The molecule has 0 amide bonds. The fourth-order valence-corrected chi connectivity index (χ4v) is 1.77. The summed E-state index contributed by atoms with van der Waals surface area (Å²) in [6, 6.07) is 7.49. The molecule has 0 aromatic heterocycles. The van der Waals surface area contributed by atoms with Gasteiger partial charge >= 0.3 is 5.97 Å². The fraction of sp³-hybridized carbons (Fsp3) is 0.462. The standard InChI is InChI=1S/C13H18O4/c1-13(17-4,12(14)16-3)11-8-6-5-7-10(11)9-15-2/h5-8H,9H2,1-4H3. The Balaban J connectivity index is 3.24. The van der Waals surface area contributed by atoms with E-state index in [9.17, 15) is 4.79 Å². The normalized spacial score (nSPS) is 14.1. The maximum atomic E-state index is 11.8. The number of carbonyl (C=O) groups excluding carboxylic acids is 1. The van der Waals surface area contributed by atoms with Gasteiger partial charge in [0.05, 0.1) is 13.7 Å². The Bertz CT molecular complexity index is 389. The Kier molecular flexibility index (Phi) is 4.66. The summed E-state index contributed by atoms with van der Waals surface area (Å²) in [6.45, 7) is 2.11. The van der Waals surface area contributed by atoms with E-state index in [4.69, 9.17) is 14.2 Å². The van der Waals surface area contributed by atoms with E-state index in [1.807, 2.05) is 24.3 Å². The molecule has 0 bridgehead atoms. The predicted molar refractivity (Wildman–Crippen MR) is 63.5 cm³/mol. The summed E-state index contributed by atoms with van der Waals surface area (Å²) in [5.74, 6) is -0.427. The maximum absolute atomic E-state index is 11.8. The molecule has 1 unspecified atom stereocenters. The molecule has 0 aliphatic rings. The van der Waals surface area contributed by atoms with Crippen LogP contribution >= 0.6 is 0 Å². The highest BCUT2D eigenvalue weighted by Crippen LogP contribution is 2.29. The van der Waals surface area contributed by atoms with Crippen LogP contribution in [0.5, 0.6) is 0 Å². The number of rotatable bonds is 5. The molecular weight excluding hydrogens is 220 g/mol. The molecule has 1 atom stereocenters. The minimum absolute atomic E-state index is 0.423. The molecule has 0 heterocycles. The van der Waals surface area contributed by atoms with Crippen LogP contribution in [-0.2, 0) is 31.2 Å². The lowest BCUT2D eigenvalue weighted by Crippen LogP contribution is -2.36. The third-order valence-electron chi connectivity index (χ3n) is 2.81. The van der Waals surface area contributed by atoms with Crippen molar-refractivity contribution in [1.29, 1.82) is 0 Å². The molecule has 0 radical (unpaired) electrons. The van der Waals surface area contributed by atoms with Gasteiger partial charge < -0.3 is 14.2 Å². The molecule has 0 fully saturated rings. The Hall–Kier alpha value is -1.39. The molecule has 94 valence electrons. The second-order valence-corrected chi connectivity index (χ2v) is 3.82. The Morgan fingerprint density at radius 1 is 1.24 bits per heavy atom. The first-order valence-electron chi connectivity index (χ1n) is 5.31. The third kappa shape index (κ3) is 2.65. The lowest BCUT2D eigenvalue weighted by molar-refractivity contribution is -0.165. The molecule has 0 saturated heterocycles. The van der Waals surface area contributed by atoms with Crippen LogP contribution < -0.4 is 0 Å². The second kappa shape index (κ2) is 5.80. The van der Waals surface area contributed by atoms with Gasteiger partial charge in [0, 0.05) is 19.8 Å². The van der Waals surface area contributed by atoms with Crippen LogP contribution in [0.4, 0.5) is 0 Å². The minimum atomic E-state index is -1.11. The number of benzene rings is 1. The summed E-state index contributed by atoms with van der Waals surface area (Å²) in [5.41, 5.74) is 0.560. The number of hydrogen-bond acceptors (Lipinski definition) is 4. The van der Waals surface area contributed by atoms with Gasteiger partial charge in [-0.1, -0.05) is 24.3 Å². The van der Waals surface area contributed by atoms with E-state index in [2.05, 4.69) is 0 Å². The zero-order valence-electron chi connectivity index (χ0n) is 10.6. The summed E-state index contributed by atoms with van der Waals surface area (Å²) >= 11 is 0. The van der Waals surface area contributed by atoms with Gasteiger partial charge in [0.1, 0.15) is 0 Å². The highest BCUT2D eigenvalue weighted by Gasteiger charge is 2.38. The van der Waals surface area contributed by atoms with E-state index < -0.39 is 11.6 Å². The van der Waals surface area contributed by atoms with Crippen molar-refractivity contribution >= 4 is 5.97 Å². The summed E-state index contributed by atoms with van der Waals surface area (Å²) in [4.78, 5) is 11.8. The number of carbonyl (C=O) groups is 1. The Morgan fingerprint density at radius 2 is 1.88 bits per heavy atom. The van der Waals surface area contributed by atoms with Crippen molar-refractivity contribution in [3.63, 3.8) is 0 Å². The van der Waals surface area contributed by atoms with Crippen molar-refractivity contribution in [3.8, 4) is 0 Å². The number of hydrogen-bond donors (Lipinski definition) is 0. The SMILES string of the molecule is COCc1ccccc1C(C)(OC)C(=O)OC. The van der Waals surface area contributed by atoms with Crippen LogP contribution in [0.15, 0.2) is 24.3 Å². The van der Waals surface area contributed by atoms with Crippen LogP contribution in [0.1, 0.15) is 18.1 Å². The monoisotopic (exact) mass is 238 g/mol. The molecule has 0 saturated carbocycles. The quantitative estimate of drug-likeness (QED) is 0.734. The first-order chi connectivity index (χ1) is 8.10. The van der Waals surface area contributed by atoms with Gasteiger partial charge in [-0.05, 0) is 12.5 Å². The highest BCUT2D eigenvalue weighted by molar-refractivity contribution is 5.81. The van der Waals surface area contributed by atoms with Crippen LogP contribution in [0.25, 0.3) is 0 Å². The van der Waals surface area contributed by atoms with E-state index >= 15 is 0 Å². The molecule has 0 N–H and O–H groups in total. The first-order valence-corrected chi connectivity index (χ1v) is 5.31. The van der Waals surface area contributed by atoms with Gasteiger partial charge in [-0.15, -0.1) is 0 Å². The van der Waals surface area contributed by atoms with Crippen molar-refractivity contribution < 1.29 is 19.0 Å². The van der Waals surface area contributed by atoms with E-state index in [-0.39, 0.29) is 0 Å². The number of esters is 1. The predicted octanol–water partition coefficient (Wildman–Crippen LogP) is 1.87. The zero-order chi connectivity index (χ0) is 12.9. The van der Waals surface area contributed by atoms with Crippen LogP contribution in [0, 0.1) is 0 Å². The van der Waals surface area contributed by atoms with Crippen molar-refractivity contribution in [2.24, 2.45) is 0 Å². The average Bonchev–Trinajstić information content (AvgIpc) is 2.38. The lowest BCUT2D eigenvalue weighted by atomic mass is 9.91. The average molecular weight is 238 g/mol. The van der Waals surface area contributed by atoms with Crippen LogP contribution in [0.3, 0.4) is 0 Å². The van der Waals surface area contributed by atoms with Crippen molar-refractivity contribution in [2.45, 2.75) is 19.1 Å². The van der Waals surface area contributed by atoms with Gasteiger partial charge in [0.15, 0.2) is 5.60 Å². The number of ether oxygens (including phenoxy) is 3. The van der Waals surface area contributed by atoms with Crippen molar-refractivity contribution in [2.75, 3.05) is 21.3 Å². The highest BCUT2D eigenvalue weighted by atomic mass is 16.6. The maximum Gasteiger partial charge on any atom is 0.342 e. The van der Waals surface area contributed by atoms with Gasteiger partial charge in [0.2, 0.25) is 0 Å². The Morgan fingerprint density at radius 3 is 2.41 bits per heavy atom. The van der Waals surface area contributed by atoms with E-state index in [1.54, 1.807) is 14.0 Å². The molecule has 4 nitrogen and oxygen atoms in total. The van der Waals surface area contributed by atoms with Crippen molar-refractivity contribution in [3.05, 3.63) is 35.4 Å². The molecule has 0 aliphatic carbocycles. The topological polar surface area (TPSA) is 44.8 Å². The lowest BCUT2D eigenvalue weighted by Gasteiger charge is -2.27. The summed E-state index contributed by atoms with van der Waals surface area (Å²) in [6.07, 6.45) is 0. The molecule has 4 heteroatoms. The van der Waals surface area contributed by atoms with Crippen LogP contribution in [-0.4, -0.2) is 27.3 Å². The van der Waals surface area contributed by atoms with Gasteiger partial charge in [-0.2, -0.15) is 0 Å². The molecular formula is C13H18O4. The zero-order valence-corrected chi connectivity index (χ0v) is 10.6. The Labute approximate surface area is 101 Å². The first kappa shape index (κ1) is 13.7. The van der Waals surface area contributed by atoms with Crippen LogP contribution in [0.2, 0.25) is 0 Å². The molecule has 1 aromatic rings. The van der Waals surface area contributed by atoms with E-state index in [0.717, 1.165) is 11.1 Å². The molecule has 0 aliphatic heterocycles. The third-order valence-corrected chi connectivity index (χ3v) is 2.81. The van der Waals surface area contributed by atoms with Gasteiger partial charge in [-0.3, -0.25) is 0 Å². The molecule has 1 aromatic carbocycles.